The van der Waals surface area contributed by atoms with Crippen LogP contribution in [-0.4, -0.2) is 38.1 Å². The highest BCUT2D eigenvalue weighted by Gasteiger charge is 2.30. The molecule has 0 aliphatic carbocycles. The van der Waals surface area contributed by atoms with E-state index in [0.29, 0.717) is 0 Å². The zero-order chi connectivity index (χ0) is 18.1. The van der Waals surface area contributed by atoms with Crippen molar-refractivity contribution in [1.82, 2.24) is 4.90 Å². The van der Waals surface area contributed by atoms with Crippen molar-refractivity contribution in [2.75, 3.05) is 37.8 Å². The maximum absolute atomic E-state index is 5.82. The second-order valence-corrected chi connectivity index (χ2v) is 8.03. The largest absolute Gasteiger partial charge is 0.399 e. The minimum absolute atomic E-state index is 0.717. The van der Waals surface area contributed by atoms with Crippen LogP contribution in [0.2, 0.25) is 0 Å². The highest BCUT2D eigenvalue weighted by atomic mass is 15.2. The number of benzene rings is 1. The zero-order valence-corrected chi connectivity index (χ0v) is 16.7. The number of nitrogen functional groups attached to an aromatic ring is 1. The third-order valence-electron chi connectivity index (χ3n) is 5.79. The molecule has 142 valence electrons. The summed E-state index contributed by atoms with van der Waals surface area (Å²) in [5.74, 6) is 0.785. The van der Waals surface area contributed by atoms with E-state index < -0.39 is 0 Å². The Kier molecular flexibility index (Phi) is 8.60. The Hall–Kier alpha value is -1.22. The summed E-state index contributed by atoms with van der Waals surface area (Å²) in [6, 6.07) is 9.08. The molecule has 1 aromatic carbocycles. The summed E-state index contributed by atoms with van der Waals surface area (Å²) < 4.78 is 0. The van der Waals surface area contributed by atoms with Crippen LogP contribution in [0.1, 0.15) is 64.7 Å². The lowest BCUT2D eigenvalue weighted by Gasteiger charge is -2.30. The van der Waals surface area contributed by atoms with E-state index in [-0.39, 0.29) is 0 Å². The molecular formula is C22H39N3. The van der Waals surface area contributed by atoms with Gasteiger partial charge in [-0.15, -0.1) is 0 Å². The van der Waals surface area contributed by atoms with Gasteiger partial charge in [-0.2, -0.15) is 0 Å². The van der Waals surface area contributed by atoms with Crippen LogP contribution in [0.25, 0.3) is 0 Å². The fraction of sp³-hybridized carbons (Fsp3) is 0.727. The Morgan fingerprint density at radius 1 is 1.04 bits per heavy atom. The van der Waals surface area contributed by atoms with Crippen LogP contribution in [0.3, 0.4) is 0 Å². The Bertz CT molecular complexity index is 469. The molecule has 25 heavy (non-hydrogen) atoms. The molecule has 1 heterocycles. The summed E-state index contributed by atoms with van der Waals surface area (Å²) in [6.45, 7) is 4.65. The van der Waals surface area contributed by atoms with Gasteiger partial charge in [0.15, 0.2) is 0 Å². The molecule has 3 heteroatoms. The molecular weight excluding hydrogens is 306 g/mol. The lowest BCUT2D eigenvalue weighted by molar-refractivity contribution is 0.203. The van der Waals surface area contributed by atoms with Gasteiger partial charge in [-0.25, -0.2) is 0 Å². The van der Waals surface area contributed by atoms with Gasteiger partial charge < -0.3 is 15.5 Å². The first-order valence-electron chi connectivity index (χ1n) is 10.4. The molecule has 2 unspecified atom stereocenters. The second-order valence-electron chi connectivity index (χ2n) is 8.03. The van der Waals surface area contributed by atoms with Gasteiger partial charge in [0.05, 0.1) is 0 Å². The third kappa shape index (κ3) is 6.54. The first-order valence-corrected chi connectivity index (χ1v) is 10.4. The Morgan fingerprint density at radius 2 is 1.68 bits per heavy atom. The number of nitrogens with two attached hydrogens (primary N) is 1. The van der Waals surface area contributed by atoms with Crippen molar-refractivity contribution in [3.8, 4) is 0 Å². The molecule has 1 aliphatic heterocycles. The van der Waals surface area contributed by atoms with Crippen molar-refractivity contribution >= 4 is 11.4 Å². The maximum Gasteiger partial charge on any atom is 0.0367 e. The van der Waals surface area contributed by atoms with Gasteiger partial charge in [0, 0.05) is 30.5 Å². The molecule has 2 N–H and O–H groups in total. The highest BCUT2D eigenvalue weighted by Crippen LogP contribution is 2.30. The smallest absolute Gasteiger partial charge is 0.0367 e. The number of anilines is 2. The summed E-state index contributed by atoms with van der Waals surface area (Å²) in [5.41, 5.74) is 8.00. The fourth-order valence-corrected chi connectivity index (χ4v) is 4.25. The van der Waals surface area contributed by atoms with Gasteiger partial charge in [-0.05, 0) is 57.1 Å². The molecule has 1 aromatic rings. The number of nitrogens with zero attached hydrogens (tertiary/aromatic N) is 2. The van der Waals surface area contributed by atoms with Crippen LogP contribution in [0, 0.1) is 5.92 Å². The summed E-state index contributed by atoms with van der Waals surface area (Å²) in [6.07, 6.45) is 12.5. The minimum atomic E-state index is 0.717. The molecule has 1 aliphatic rings. The van der Waals surface area contributed by atoms with E-state index in [2.05, 4.69) is 43.0 Å². The van der Waals surface area contributed by atoms with E-state index in [9.17, 15) is 0 Å². The van der Waals surface area contributed by atoms with E-state index in [1.165, 1.54) is 76.6 Å². The van der Waals surface area contributed by atoms with E-state index in [1.54, 1.807) is 0 Å². The molecule has 0 aromatic heterocycles. The molecule has 0 saturated carbocycles. The molecule has 1 fully saturated rings. The Balaban J connectivity index is 1.75. The molecule has 2 atom stereocenters. The molecule has 0 radical (unpaired) electrons. The first kappa shape index (κ1) is 20.1. The quantitative estimate of drug-likeness (QED) is 0.444. The number of rotatable bonds is 11. The van der Waals surface area contributed by atoms with E-state index in [4.69, 9.17) is 5.73 Å². The van der Waals surface area contributed by atoms with Gasteiger partial charge in [-0.1, -0.05) is 51.9 Å². The predicted molar refractivity (Wildman–Crippen MR) is 111 cm³/mol. The lowest BCUT2D eigenvalue weighted by Crippen LogP contribution is -2.37. The summed E-state index contributed by atoms with van der Waals surface area (Å²) >= 11 is 0. The van der Waals surface area contributed by atoms with Crippen molar-refractivity contribution in [2.45, 2.75) is 70.8 Å². The van der Waals surface area contributed by atoms with Crippen molar-refractivity contribution in [3.05, 3.63) is 24.3 Å². The summed E-state index contributed by atoms with van der Waals surface area (Å²) in [5, 5.41) is 0. The van der Waals surface area contributed by atoms with E-state index >= 15 is 0 Å². The minimum Gasteiger partial charge on any atom is -0.399 e. The monoisotopic (exact) mass is 345 g/mol. The van der Waals surface area contributed by atoms with Crippen molar-refractivity contribution in [1.29, 1.82) is 0 Å². The van der Waals surface area contributed by atoms with Crippen LogP contribution in [-0.2, 0) is 0 Å². The molecule has 2 rings (SSSR count). The number of unbranched alkanes of at least 4 members (excludes halogenated alkanes) is 6. The molecule has 0 spiro atoms. The summed E-state index contributed by atoms with van der Waals surface area (Å²) in [4.78, 5) is 5.00. The SMILES string of the molecule is CCCCCCCCCC(C1CCN(c2ccc(N)cc2)C1)N(C)C. The Labute approximate surface area is 155 Å². The van der Waals surface area contributed by atoms with Crippen LogP contribution >= 0.6 is 0 Å². The van der Waals surface area contributed by atoms with Gasteiger partial charge in [0.1, 0.15) is 0 Å². The topological polar surface area (TPSA) is 32.5 Å². The molecule has 3 nitrogen and oxygen atoms in total. The van der Waals surface area contributed by atoms with Crippen molar-refractivity contribution < 1.29 is 0 Å². The van der Waals surface area contributed by atoms with E-state index in [0.717, 1.165) is 17.6 Å². The second kappa shape index (κ2) is 10.7. The van der Waals surface area contributed by atoms with Crippen LogP contribution < -0.4 is 10.6 Å². The van der Waals surface area contributed by atoms with Gasteiger partial charge >= 0.3 is 0 Å². The normalized spacial score (nSPS) is 18.9. The average molecular weight is 346 g/mol. The Morgan fingerprint density at radius 3 is 2.32 bits per heavy atom. The highest BCUT2D eigenvalue weighted by molar-refractivity contribution is 5.53. The van der Waals surface area contributed by atoms with Crippen LogP contribution in [0.4, 0.5) is 11.4 Å². The van der Waals surface area contributed by atoms with Crippen LogP contribution in [0.15, 0.2) is 24.3 Å². The van der Waals surface area contributed by atoms with Crippen LogP contribution in [0.5, 0.6) is 0 Å². The first-order chi connectivity index (χ1) is 12.1. The number of hydrogen-bond donors (Lipinski definition) is 1. The third-order valence-corrected chi connectivity index (χ3v) is 5.79. The van der Waals surface area contributed by atoms with Gasteiger partial charge in [-0.3, -0.25) is 0 Å². The summed E-state index contributed by atoms with van der Waals surface area (Å²) in [7, 11) is 4.52. The maximum atomic E-state index is 5.82. The average Bonchev–Trinajstić information content (AvgIpc) is 3.07. The van der Waals surface area contributed by atoms with Crippen molar-refractivity contribution in [2.24, 2.45) is 5.92 Å². The lowest BCUT2D eigenvalue weighted by atomic mass is 9.92. The molecule has 1 saturated heterocycles. The zero-order valence-electron chi connectivity index (χ0n) is 16.7. The standard InChI is InChI=1S/C22H39N3/c1-4-5-6-7-8-9-10-11-22(24(2)3)19-16-17-25(18-19)21-14-12-20(23)13-15-21/h12-15,19,22H,4-11,16-18,23H2,1-3H3. The van der Waals surface area contributed by atoms with Crippen molar-refractivity contribution in [3.63, 3.8) is 0 Å². The predicted octanol–water partition coefficient (Wildman–Crippen LogP) is 5.17. The van der Waals surface area contributed by atoms with Gasteiger partial charge in [0.25, 0.3) is 0 Å². The molecule has 0 bridgehead atoms. The van der Waals surface area contributed by atoms with Gasteiger partial charge in [0.2, 0.25) is 0 Å². The van der Waals surface area contributed by atoms with E-state index in [1.807, 2.05) is 12.1 Å². The fourth-order valence-electron chi connectivity index (χ4n) is 4.25. The molecule has 0 amide bonds. The number of hydrogen-bond acceptors (Lipinski definition) is 3.